The Labute approximate surface area is 91.8 Å². The van der Waals surface area contributed by atoms with E-state index in [0.29, 0.717) is 17.7 Å². The zero-order valence-corrected chi connectivity index (χ0v) is 9.32. The maximum Gasteiger partial charge on any atom is 0.212 e. The van der Waals surface area contributed by atoms with E-state index in [0.717, 1.165) is 5.13 Å². The molecule has 0 amide bonds. The normalized spacial score (nSPS) is 10.6. The lowest BCUT2D eigenvalue weighted by Gasteiger charge is -2.03. The van der Waals surface area contributed by atoms with Crippen molar-refractivity contribution >= 4 is 16.7 Å². The van der Waals surface area contributed by atoms with Gasteiger partial charge in [-0.2, -0.15) is 9.36 Å². The minimum atomic E-state index is 0.350. The third-order valence-corrected chi connectivity index (χ3v) is 2.25. The van der Waals surface area contributed by atoms with Gasteiger partial charge >= 0.3 is 0 Å². The molecule has 1 N–H and O–H groups in total. The second-order valence-corrected chi connectivity index (χ2v) is 4.05. The first kappa shape index (κ1) is 9.97. The van der Waals surface area contributed by atoms with Crippen molar-refractivity contribution in [2.24, 2.45) is 0 Å². The summed E-state index contributed by atoms with van der Waals surface area (Å²) in [4.78, 5) is 12.5. The number of hydrogen-bond acceptors (Lipinski definition) is 6. The van der Waals surface area contributed by atoms with E-state index in [-0.39, 0.29) is 0 Å². The molecule has 2 rings (SSSR count). The number of rotatable bonds is 3. The molecule has 6 heteroatoms. The Bertz CT molecular complexity index is 425. The molecule has 2 heterocycles. The Balaban J connectivity index is 2.21. The minimum Gasteiger partial charge on any atom is -0.358 e. The van der Waals surface area contributed by atoms with Crippen LogP contribution >= 0.6 is 11.5 Å². The number of nitrogens with one attached hydrogen (secondary N) is 1. The van der Waals surface area contributed by atoms with Gasteiger partial charge in [0.2, 0.25) is 11.0 Å². The van der Waals surface area contributed by atoms with Crippen molar-refractivity contribution in [3.8, 4) is 11.6 Å². The van der Waals surface area contributed by atoms with Crippen LogP contribution in [0.25, 0.3) is 11.6 Å². The first-order chi connectivity index (χ1) is 7.25. The summed E-state index contributed by atoms with van der Waals surface area (Å²) < 4.78 is 4.18. The Morgan fingerprint density at radius 1 is 1.20 bits per heavy atom. The predicted molar refractivity (Wildman–Crippen MR) is 59.7 cm³/mol. The highest BCUT2D eigenvalue weighted by Crippen LogP contribution is 2.17. The van der Waals surface area contributed by atoms with Crippen molar-refractivity contribution in [3.63, 3.8) is 0 Å². The molecule has 0 unspecified atom stereocenters. The molecule has 0 spiro atoms. The van der Waals surface area contributed by atoms with Gasteiger partial charge in [0.1, 0.15) is 0 Å². The molecule has 78 valence electrons. The summed E-state index contributed by atoms with van der Waals surface area (Å²) in [6, 6.07) is 2.12. The van der Waals surface area contributed by atoms with Gasteiger partial charge in [-0.25, -0.2) is 9.97 Å². The van der Waals surface area contributed by atoms with Crippen LogP contribution in [0, 0.1) is 0 Å². The van der Waals surface area contributed by atoms with Crippen molar-refractivity contribution in [1.82, 2.24) is 19.3 Å². The topological polar surface area (TPSA) is 63.6 Å². The molecule has 0 aromatic carbocycles. The second kappa shape index (κ2) is 4.31. The minimum absolute atomic E-state index is 0.350. The molecule has 5 nitrogen and oxygen atoms in total. The summed E-state index contributed by atoms with van der Waals surface area (Å²) >= 11 is 1.32. The summed E-state index contributed by atoms with van der Waals surface area (Å²) in [6.07, 6.45) is 3.36. The Hall–Kier alpha value is -1.56. The van der Waals surface area contributed by atoms with Crippen molar-refractivity contribution < 1.29 is 0 Å². The Morgan fingerprint density at radius 3 is 2.60 bits per heavy atom. The molecular weight excluding hydrogens is 210 g/mol. The van der Waals surface area contributed by atoms with Crippen molar-refractivity contribution in [1.29, 1.82) is 0 Å². The molecule has 0 bridgehead atoms. The predicted octanol–water partition coefficient (Wildman–Crippen LogP) is 1.82. The van der Waals surface area contributed by atoms with E-state index in [4.69, 9.17) is 0 Å². The molecule has 2 aromatic heterocycles. The van der Waals surface area contributed by atoms with Crippen LogP contribution in [0.5, 0.6) is 0 Å². The van der Waals surface area contributed by atoms with Crippen LogP contribution in [0.2, 0.25) is 0 Å². The third kappa shape index (κ3) is 2.47. The first-order valence-corrected chi connectivity index (χ1v) is 5.40. The second-order valence-electron chi connectivity index (χ2n) is 3.29. The van der Waals surface area contributed by atoms with E-state index in [1.807, 2.05) is 0 Å². The van der Waals surface area contributed by atoms with Gasteiger partial charge in [0.15, 0.2) is 5.82 Å². The van der Waals surface area contributed by atoms with Gasteiger partial charge in [-0.3, -0.25) is 0 Å². The van der Waals surface area contributed by atoms with E-state index in [2.05, 4.69) is 38.5 Å². The zero-order valence-electron chi connectivity index (χ0n) is 8.51. The van der Waals surface area contributed by atoms with Crippen LogP contribution in [0.1, 0.15) is 13.8 Å². The highest BCUT2D eigenvalue weighted by molar-refractivity contribution is 7.09. The fourth-order valence-electron chi connectivity index (χ4n) is 1.03. The molecule has 0 aliphatic rings. The standard InChI is InChI=1S/C9H11N5S/c1-6(2)12-9-13-8(14-15-9)7-10-4-3-5-11-7/h3-6H,1-2H3,(H,12,13,14). The zero-order chi connectivity index (χ0) is 10.7. The lowest BCUT2D eigenvalue weighted by Crippen LogP contribution is -2.09. The molecule has 0 aliphatic carbocycles. The van der Waals surface area contributed by atoms with Crippen LogP contribution < -0.4 is 5.32 Å². The number of aromatic nitrogens is 4. The number of anilines is 1. The summed E-state index contributed by atoms with van der Waals surface area (Å²) in [5.74, 6) is 1.13. The lowest BCUT2D eigenvalue weighted by atomic mass is 10.4. The van der Waals surface area contributed by atoms with E-state index < -0.39 is 0 Å². The molecule has 0 fully saturated rings. The van der Waals surface area contributed by atoms with Gasteiger partial charge < -0.3 is 5.32 Å². The largest absolute Gasteiger partial charge is 0.358 e. The molecule has 0 atom stereocenters. The van der Waals surface area contributed by atoms with Crippen LogP contribution in [0.4, 0.5) is 5.13 Å². The van der Waals surface area contributed by atoms with Gasteiger partial charge in [-0.1, -0.05) is 0 Å². The average molecular weight is 221 g/mol. The molecule has 0 aliphatic heterocycles. The monoisotopic (exact) mass is 221 g/mol. The van der Waals surface area contributed by atoms with Crippen molar-refractivity contribution in [2.45, 2.75) is 19.9 Å². The first-order valence-electron chi connectivity index (χ1n) is 4.63. The van der Waals surface area contributed by atoms with Gasteiger partial charge in [-0.05, 0) is 19.9 Å². The summed E-state index contributed by atoms with van der Waals surface area (Å²) in [7, 11) is 0. The van der Waals surface area contributed by atoms with E-state index in [1.54, 1.807) is 18.5 Å². The van der Waals surface area contributed by atoms with Crippen LogP contribution in [0.3, 0.4) is 0 Å². The third-order valence-electron chi connectivity index (χ3n) is 1.60. The molecule has 0 saturated heterocycles. The average Bonchev–Trinajstić information content (AvgIpc) is 2.67. The summed E-state index contributed by atoms with van der Waals surface area (Å²) in [6.45, 7) is 4.11. The van der Waals surface area contributed by atoms with E-state index in [1.165, 1.54) is 11.5 Å². The molecule has 0 radical (unpaired) electrons. The Morgan fingerprint density at radius 2 is 1.93 bits per heavy atom. The highest BCUT2D eigenvalue weighted by Gasteiger charge is 2.08. The Kier molecular flexibility index (Phi) is 2.86. The lowest BCUT2D eigenvalue weighted by molar-refractivity contribution is 0.896. The van der Waals surface area contributed by atoms with E-state index >= 15 is 0 Å². The van der Waals surface area contributed by atoms with Gasteiger partial charge in [0.05, 0.1) is 0 Å². The smallest absolute Gasteiger partial charge is 0.212 e. The fourth-order valence-corrected chi connectivity index (χ4v) is 1.75. The molecule has 0 saturated carbocycles. The van der Waals surface area contributed by atoms with Crippen molar-refractivity contribution in [3.05, 3.63) is 18.5 Å². The highest BCUT2D eigenvalue weighted by atomic mass is 32.1. The number of hydrogen-bond donors (Lipinski definition) is 1. The molecule has 15 heavy (non-hydrogen) atoms. The van der Waals surface area contributed by atoms with Gasteiger partial charge in [-0.15, -0.1) is 0 Å². The van der Waals surface area contributed by atoms with Crippen LogP contribution in [-0.4, -0.2) is 25.4 Å². The van der Waals surface area contributed by atoms with Gasteiger partial charge in [0, 0.05) is 30.0 Å². The maximum atomic E-state index is 4.29. The van der Waals surface area contributed by atoms with Crippen LogP contribution in [0.15, 0.2) is 18.5 Å². The summed E-state index contributed by atoms with van der Waals surface area (Å²) in [5.41, 5.74) is 0. The van der Waals surface area contributed by atoms with Crippen LogP contribution in [-0.2, 0) is 0 Å². The molecular formula is C9H11N5S. The van der Waals surface area contributed by atoms with Crippen molar-refractivity contribution in [2.75, 3.05) is 5.32 Å². The maximum absolute atomic E-state index is 4.29. The quantitative estimate of drug-likeness (QED) is 0.856. The summed E-state index contributed by atoms with van der Waals surface area (Å²) in [5, 5.41) is 3.98. The van der Waals surface area contributed by atoms with E-state index in [9.17, 15) is 0 Å². The number of nitrogens with zero attached hydrogens (tertiary/aromatic N) is 4. The van der Waals surface area contributed by atoms with Gasteiger partial charge in [0.25, 0.3) is 0 Å². The fraction of sp³-hybridized carbons (Fsp3) is 0.333. The SMILES string of the molecule is CC(C)Nc1nc(-c2ncccn2)ns1. The molecule has 2 aromatic rings.